The SMILES string of the molecule is CC(C)c1ocnc1CN1CC(Cn2nc3c(cc2=O)CCC3)C1. The molecular formula is C18H24N4O2. The number of nitrogens with zero attached hydrogens (tertiary/aromatic N) is 4. The molecule has 4 rings (SSSR count). The Morgan fingerprint density at radius 3 is 2.96 bits per heavy atom. The second kappa shape index (κ2) is 6.16. The quantitative estimate of drug-likeness (QED) is 0.840. The molecule has 128 valence electrons. The summed E-state index contributed by atoms with van der Waals surface area (Å²) in [7, 11) is 0. The first-order valence-electron chi connectivity index (χ1n) is 8.84. The highest BCUT2D eigenvalue weighted by molar-refractivity contribution is 5.22. The topological polar surface area (TPSA) is 64.2 Å². The maximum absolute atomic E-state index is 12.2. The minimum atomic E-state index is 0.0488. The number of hydrogen-bond acceptors (Lipinski definition) is 5. The minimum Gasteiger partial charge on any atom is -0.448 e. The largest absolute Gasteiger partial charge is 0.448 e. The molecule has 6 heteroatoms. The molecule has 2 aromatic heterocycles. The summed E-state index contributed by atoms with van der Waals surface area (Å²) in [4.78, 5) is 18.9. The fraction of sp³-hybridized carbons (Fsp3) is 0.611. The summed E-state index contributed by atoms with van der Waals surface area (Å²) in [5.74, 6) is 1.83. The van der Waals surface area contributed by atoms with Crippen LogP contribution >= 0.6 is 0 Å². The van der Waals surface area contributed by atoms with Gasteiger partial charge in [0, 0.05) is 37.5 Å². The van der Waals surface area contributed by atoms with Crippen molar-refractivity contribution in [3.63, 3.8) is 0 Å². The fourth-order valence-corrected chi connectivity index (χ4v) is 3.81. The molecule has 0 amide bonds. The number of fused-ring (bicyclic) bond motifs is 1. The number of aryl methyl sites for hydroxylation is 2. The molecule has 0 N–H and O–H groups in total. The Labute approximate surface area is 141 Å². The third kappa shape index (κ3) is 2.90. The lowest BCUT2D eigenvalue weighted by atomic mass is 9.99. The molecule has 1 aliphatic carbocycles. The maximum Gasteiger partial charge on any atom is 0.267 e. The van der Waals surface area contributed by atoms with Gasteiger partial charge >= 0.3 is 0 Å². The summed E-state index contributed by atoms with van der Waals surface area (Å²) >= 11 is 0. The molecule has 0 unspecified atom stereocenters. The van der Waals surface area contributed by atoms with Gasteiger partial charge < -0.3 is 4.42 Å². The van der Waals surface area contributed by atoms with Gasteiger partial charge in [0.15, 0.2) is 6.39 Å². The Morgan fingerprint density at radius 2 is 2.17 bits per heavy atom. The van der Waals surface area contributed by atoms with Gasteiger partial charge in [0.25, 0.3) is 5.56 Å². The number of likely N-dealkylation sites (tertiary alicyclic amines) is 1. The molecule has 0 bridgehead atoms. The molecule has 0 spiro atoms. The van der Waals surface area contributed by atoms with E-state index in [2.05, 4.69) is 28.8 Å². The van der Waals surface area contributed by atoms with Crippen molar-refractivity contribution in [3.8, 4) is 0 Å². The normalized spacial score (nSPS) is 18.1. The van der Waals surface area contributed by atoms with E-state index in [4.69, 9.17) is 4.42 Å². The van der Waals surface area contributed by atoms with Gasteiger partial charge in [0.1, 0.15) is 5.76 Å². The van der Waals surface area contributed by atoms with Gasteiger partial charge in [0.05, 0.1) is 17.9 Å². The van der Waals surface area contributed by atoms with Gasteiger partial charge in [-0.3, -0.25) is 9.69 Å². The predicted octanol–water partition coefficient (Wildman–Crippen LogP) is 1.98. The third-order valence-corrected chi connectivity index (χ3v) is 5.06. The highest BCUT2D eigenvalue weighted by atomic mass is 16.3. The second-order valence-corrected chi connectivity index (χ2v) is 7.37. The number of aromatic nitrogens is 3. The van der Waals surface area contributed by atoms with Crippen LogP contribution in [0.3, 0.4) is 0 Å². The number of hydrogen-bond donors (Lipinski definition) is 0. The molecule has 3 heterocycles. The second-order valence-electron chi connectivity index (χ2n) is 7.37. The average Bonchev–Trinajstić information content (AvgIpc) is 3.13. The van der Waals surface area contributed by atoms with Gasteiger partial charge in [-0.2, -0.15) is 5.10 Å². The van der Waals surface area contributed by atoms with Crippen molar-refractivity contribution < 1.29 is 4.42 Å². The molecule has 0 radical (unpaired) electrons. The molecule has 6 nitrogen and oxygen atoms in total. The smallest absolute Gasteiger partial charge is 0.267 e. The van der Waals surface area contributed by atoms with Crippen molar-refractivity contribution in [1.29, 1.82) is 0 Å². The molecule has 1 aliphatic heterocycles. The van der Waals surface area contributed by atoms with Crippen molar-refractivity contribution in [1.82, 2.24) is 19.7 Å². The van der Waals surface area contributed by atoms with Crippen LogP contribution < -0.4 is 5.56 Å². The van der Waals surface area contributed by atoms with Crippen LogP contribution in [0.4, 0.5) is 0 Å². The average molecular weight is 328 g/mol. The van der Waals surface area contributed by atoms with Gasteiger partial charge in [0.2, 0.25) is 0 Å². The lowest BCUT2D eigenvalue weighted by Gasteiger charge is -2.39. The van der Waals surface area contributed by atoms with E-state index >= 15 is 0 Å². The van der Waals surface area contributed by atoms with Crippen molar-refractivity contribution in [2.45, 2.75) is 52.1 Å². The summed E-state index contributed by atoms with van der Waals surface area (Å²) in [5.41, 5.74) is 3.36. The van der Waals surface area contributed by atoms with Crippen LogP contribution in [-0.4, -0.2) is 32.8 Å². The van der Waals surface area contributed by atoms with E-state index in [9.17, 15) is 4.79 Å². The molecule has 0 saturated carbocycles. The van der Waals surface area contributed by atoms with Crippen LogP contribution in [0.15, 0.2) is 21.7 Å². The molecule has 1 fully saturated rings. The maximum atomic E-state index is 12.2. The van der Waals surface area contributed by atoms with E-state index in [0.717, 1.165) is 68.2 Å². The summed E-state index contributed by atoms with van der Waals surface area (Å²) in [6.45, 7) is 7.75. The van der Waals surface area contributed by atoms with E-state index in [0.29, 0.717) is 11.8 Å². The van der Waals surface area contributed by atoms with Crippen LogP contribution in [0.1, 0.15) is 48.9 Å². The van der Waals surface area contributed by atoms with Gasteiger partial charge in [-0.1, -0.05) is 13.8 Å². The standard InChI is InChI=1S/C18H24N4O2/c1-12(2)18-16(19-11-24-18)10-21-7-13(8-21)9-22-17(23)6-14-4-3-5-15(14)20-22/h6,11-13H,3-5,7-10H2,1-2H3. The van der Waals surface area contributed by atoms with Crippen molar-refractivity contribution in [3.05, 3.63) is 45.5 Å². The Kier molecular flexibility index (Phi) is 4.00. The lowest BCUT2D eigenvalue weighted by molar-refractivity contribution is 0.0747. The Hall–Kier alpha value is -1.95. The highest BCUT2D eigenvalue weighted by Crippen LogP contribution is 2.24. The first kappa shape index (κ1) is 15.6. The molecule has 0 atom stereocenters. The monoisotopic (exact) mass is 328 g/mol. The first-order chi connectivity index (χ1) is 11.6. The van der Waals surface area contributed by atoms with Gasteiger partial charge in [-0.15, -0.1) is 0 Å². The Morgan fingerprint density at radius 1 is 1.33 bits per heavy atom. The summed E-state index contributed by atoms with van der Waals surface area (Å²) in [6.07, 6.45) is 4.68. The van der Waals surface area contributed by atoms with Gasteiger partial charge in [-0.05, 0) is 24.8 Å². The fourth-order valence-electron chi connectivity index (χ4n) is 3.81. The number of oxazole rings is 1. The van der Waals surface area contributed by atoms with Crippen LogP contribution in [-0.2, 0) is 25.9 Å². The molecule has 1 saturated heterocycles. The zero-order chi connectivity index (χ0) is 16.7. The molecule has 2 aromatic rings. The molecule has 2 aliphatic rings. The predicted molar refractivity (Wildman–Crippen MR) is 89.9 cm³/mol. The summed E-state index contributed by atoms with van der Waals surface area (Å²) < 4.78 is 7.15. The zero-order valence-corrected chi connectivity index (χ0v) is 14.4. The third-order valence-electron chi connectivity index (χ3n) is 5.06. The highest BCUT2D eigenvalue weighted by Gasteiger charge is 2.29. The summed E-state index contributed by atoms with van der Waals surface area (Å²) in [6, 6.07) is 1.79. The zero-order valence-electron chi connectivity index (χ0n) is 14.4. The van der Waals surface area contributed by atoms with Crippen LogP contribution in [0.25, 0.3) is 0 Å². The molecule has 24 heavy (non-hydrogen) atoms. The number of rotatable bonds is 5. The molecular weight excluding hydrogens is 304 g/mol. The Balaban J connectivity index is 1.35. The van der Waals surface area contributed by atoms with E-state index in [-0.39, 0.29) is 5.56 Å². The van der Waals surface area contributed by atoms with Crippen LogP contribution in [0.2, 0.25) is 0 Å². The molecule has 0 aromatic carbocycles. The summed E-state index contributed by atoms with van der Waals surface area (Å²) in [5, 5.41) is 4.57. The van der Waals surface area contributed by atoms with Crippen molar-refractivity contribution in [2.75, 3.05) is 13.1 Å². The van der Waals surface area contributed by atoms with E-state index in [1.54, 1.807) is 10.7 Å². The van der Waals surface area contributed by atoms with Gasteiger partial charge in [-0.25, -0.2) is 9.67 Å². The lowest BCUT2D eigenvalue weighted by Crippen LogP contribution is -2.49. The van der Waals surface area contributed by atoms with Crippen LogP contribution in [0.5, 0.6) is 0 Å². The van der Waals surface area contributed by atoms with Crippen molar-refractivity contribution >= 4 is 0 Å². The van der Waals surface area contributed by atoms with E-state index < -0.39 is 0 Å². The van der Waals surface area contributed by atoms with E-state index in [1.807, 2.05) is 0 Å². The van der Waals surface area contributed by atoms with Crippen molar-refractivity contribution in [2.24, 2.45) is 5.92 Å². The van der Waals surface area contributed by atoms with E-state index in [1.165, 1.54) is 6.39 Å². The first-order valence-corrected chi connectivity index (χ1v) is 8.84. The van der Waals surface area contributed by atoms with Crippen LogP contribution in [0, 0.1) is 5.92 Å². The Bertz CT molecular complexity index is 787. The minimum absolute atomic E-state index is 0.0488.